The summed E-state index contributed by atoms with van der Waals surface area (Å²) in [7, 11) is 0. The summed E-state index contributed by atoms with van der Waals surface area (Å²) in [5.41, 5.74) is 0. The molecular weight excluding hydrogens is 381 g/mol. The third-order valence-electron chi connectivity index (χ3n) is 4.72. The Morgan fingerprint density at radius 2 is 1.86 bits per heavy atom. The molecule has 1 aliphatic rings. The Balaban J connectivity index is 1.45. The van der Waals surface area contributed by atoms with Crippen molar-refractivity contribution in [3.8, 4) is 5.75 Å². The second kappa shape index (κ2) is 10.3. The largest absolute Gasteiger partial charge is 0.486 e. The van der Waals surface area contributed by atoms with Gasteiger partial charge in [0.25, 0.3) is 0 Å². The molecule has 1 amide bonds. The maximum Gasteiger partial charge on any atom is 0.230 e. The first-order valence-electron chi connectivity index (χ1n) is 9.61. The van der Waals surface area contributed by atoms with Crippen LogP contribution < -0.4 is 15.9 Å². The van der Waals surface area contributed by atoms with Crippen molar-refractivity contribution in [2.45, 2.75) is 62.8 Å². The molecule has 1 aromatic heterocycles. The molecule has 0 spiro atoms. The number of rotatable bonds is 7. The van der Waals surface area contributed by atoms with Gasteiger partial charge in [-0.1, -0.05) is 43.9 Å². The van der Waals surface area contributed by atoms with Crippen LogP contribution in [0.2, 0.25) is 0 Å². The second-order valence-corrected chi connectivity index (χ2v) is 7.85. The van der Waals surface area contributed by atoms with E-state index < -0.39 is 0 Å². The predicted molar refractivity (Wildman–Crippen MR) is 106 cm³/mol. The number of carbonyl (C=O) groups is 1. The van der Waals surface area contributed by atoms with Crippen LogP contribution in [0.1, 0.15) is 50.8 Å². The average Bonchev–Trinajstić information content (AvgIpc) is 3.01. The van der Waals surface area contributed by atoms with E-state index >= 15 is 0 Å². The fourth-order valence-electron chi connectivity index (χ4n) is 3.18. The lowest BCUT2D eigenvalue weighted by Crippen LogP contribution is -2.36. The molecule has 2 aromatic rings. The van der Waals surface area contributed by atoms with E-state index in [1.807, 2.05) is 0 Å². The molecule has 1 aliphatic carbocycles. The van der Waals surface area contributed by atoms with Crippen LogP contribution in [0.3, 0.4) is 0 Å². The fraction of sp³-hybridized carbons (Fsp3) is 0.526. The molecule has 0 atom stereocenters. The third kappa shape index (κ3) is 6.12. The van der Waals surface area contributed by atoms with E-state index in [9.17, 15) is 9.18 Å². The number of carbonyl (C=O) groups excluding carboxylic acids is 1. The lowest BCUT2D eigenvalue weighted by atomic mass is 9.97. The number of aromatic nitrogens is 3. The normalized spacial score (nSPS) is 15.6. The number of amides is 1. The Kier molecular flexibility index (Phi) is 7.53. The van der Waals surface area contributed by atoms with Gasteiger partial charge in [-0.15, -0.1) is 10.2 Å². The molecule has 28 heavy (non-hydrogen) atoms. The van der Waals surface area contributed by atoms with Gasteiger partial charge in [0.15, 0.2) is 5.82 Å². The topological polar surface area (TPSA) is 95.1 Å². The number of nitrogens with two attached hydrogens (primary N) is 1. The SMILES string of the molecule is Nn1c(COc2ccc(F)cc2)nnc1SCC(=O)NC1CCCCCCC1. The van der Waals surface area contributed by atoms with E-state index in [1.165, 1.54) is 72.8 Å². The number of benzene rings is 1. The number of halogens is 1. The van der Waals surface area contributed by atoms with Gasteiger partial charge in [-0.05, 0) is 37.1 Å². The van der Waals surface area contributed by atoms with Crippen LogP contribution in [-0.4, -0.2) is 32.6 Å². The molecule has 9 heteroatoms. The molecule has 1 heterocycles. The number of thioether (sulfide) groups is 1. The van der Waals surface area contributed by atoms with Gasteiger partial charge >= 0.3 is 0 Å². The summed E-state index contributed by atoms with van der Waals surface area (Å²) in [6, 6.07) is 5.96. The molecule has 0 radical (unpaired) electrons. The number of ether oxygens (including phenoxy) is 1. The summed E-state index contributed by atoms with van der Waals surface area (Å²) in [5.74, 6) is 6.84. The van der Waals surface area contributed by atoms with Crippen molar-refractivity contribution >= 4 is 17.7 Å². The highest BCUT2D eigenvalue weighted by Crippen LogP contribution is 2.19. The van der Waals surface area contributed by atoms with Gasteiger partial charge in [0.2, 0.25) is 11.1 Å². The number of nitrogens with zero attached hydrogens (tertiary/aromatic N) is 3. The van der Waals surface area contributed by atoms with Crippen LogP contribution in [0.5, 0.6) is 5.75 Å². The van der Waals surface area contributed by atoms with E-state index in [4.69, 9.17) is 10.6 Å². The highest BCUT2D eigenvalue weighted by atomic mass is 32.2. The van der Waals surface area contributed by atoms with Gasteiger partial charge in [-0.25, -0.2) is 9.07 Å². The van der Waals surface area contributed by atoms with Crippen molar-refractivity contribution < 1.29 is 13.9 Å². The van der Waals surface area contributed by atoms with Crippen molar-refractivity contribution in [3.63, 3.8) is 0 Å². The van der Waals surface area contributed by atoms with Crippen molar-refractivity contribution in [1.82, 2.24) is 20.2 Å². The molecule has 152 valence electrons. The van der Waals surface area contributed by atoms with E-state index in [0.717, 1.165) is 12.8 Å². The minimum atomic E-state index is -0.328. The standard InChI is InChI=1S/C19H26FN5O2S/c20-14-8-10-16(11-9-14)27-12-17-23-24-19(25(17)21)28-13-18(26)22-15-6-4-2-1-3-5-7-15/h8-11,15H,1-7,12-13,21H2,(H,22,26). The smallest absolute Gasteiger partial charge is 0.230 e. The summed E-state index contributed by atoms with van der Waals surface area (Å²) in [5, 5.41) is 11.6. The van der Waals surface area contributed by atoms with E-state index in [1.54, 1.807) is 0 Å². The zero-order valence-electron chi connectivity index (χ0n) is 15.8. The first kappa shape index (κ1) is 20.4. The quantitative estimate of drug-likeness (QED) is 0.541. The van der Waals surface area contributed by atoms with Crippen molar-refractivity contribution in [2.75, 3.05) is 11.6 Å². The van der Waals surface area contributed by atoms with E-state index in [2.05, 4.69) is 15.5 Å². The average molecular weight is 408 g/mol. The van der Waals surface area contributed by atoms with Crippen LogP contribution >= 0.6 is 11.8 Å². The molecule has 0 unspecified atom stereocenters. The summed E-state index contributed by atoms with van der Waals surface area (Å²) in [6.07, 6.45) is 8.25. The number of hydrogen-bond donors (Lipinski definition) is 2. The Hall–Kier alpha value is -2.29. The minimum absolute atomic E-state index is 0.0114. The zero-order chi connectivity index (χ0) is 19.8. The molecule has 1 fully saturated rings. The first-order valence-corrected chi connectivity index (χ1v) is 10.6. The summed E-state index contributed by atoms with van der Waals surface area (Å²) >= 11 is 1.24. The maximum absolute atomic E-state index is 12.9. The molecule has 3 rings (SSSR count). The van der Waals surface area contributed by atoms with Gasteiger partial charge in [0, 0.05) is 6.04 Å². The monoisotopic (exact) mass is 407 g/mol. The molecule has 0 bridgehead atoms. The van der Waals surface area contributed by atoms with Crippen LogP contribution in [-0.2, 0) is 11.4 Å². The van der Waals surface area contributed by atoms with Crippen LogP contribution in [0.25, 0.3) is 0 Å². The number of nitrogen functional groups attached to an aromatic ring is 1. The van der Waals surface area contributed by atoms with Crippen LogP contribution in [0.4, 0.5) is 4.39 Å². The van der Waals surface area contributed by atoms with E-state index in [0.29, 0.717) is 16.7 Å². The van der Waals surface area contributed by atoms with Gasteiger partial charge in [-0.3, -0.25) is 4.79 Å². The van der Waals surface area contributed by atoms with Gasteiger partial charge in [-0.2, -0.15) is 0 Å². The van der Waals surface area contributed by atoms with Crippen molar-refractivity contribution in [3.05, 3.63) is 35.9 Å². The lowest BCUT2D eigenvalue weighted by Gasteiger charge is -2.20. The molecule has 0 aliphatic heterocycles. The highest BCUT2D eigenvalue weighted by molar-refractivity contribution is 7.99. The fourth-order valence-corrected chi connectivity index (χ4v) is 3.87. The zero-order valence-corrected chi connectivity index (χ0v) is 16.6. The first-order chi connectivity index (χ1) is 13.6. The second-order valence-electron chi connectivity index (χ2n) is 6.91. The molecule has 1 aromatic carbocycles. The van der Waals surface area contributed by atoms with Crippen LogP contribution in [0, 0.1) is 5.82 Å². The highest BCUT2D eigenvalue weighted by Gasteiger charge is 2.16. The Labute approximate surface area is 168 Å². The minimum Gasteiger partial charge on any atom is -0.486 e. The summed E-state index contributed by atoms with van der Waals surface area (Å²) in [6.45, 7) is 0.101. The molecular formula is C19H26FN5O2S. The van der Waals surface area contributed by atoms with Crippen molar-refractivity contribution in [2.24, 2.45) is 0 Å². The van der Waals surface area contributed by atoms with Gasteiger partial charge < -0.3 is 15.9 Å². The Bertz CT molecular complexity index is 760. The molecule has 1 saturated carbocycles. The number of nitrogens with one attached hydrogen (secondary N) is 1. The summed E-state index contributed by atoms with van der Waals surface area (Å²) < 4.78 is 19.8. The Morgan fingerprint density at radius 3 is 2.57 bits per heavy atom. The van der Waals surface area contributed by atoms with Gasteiger partial charge in [0.1, 0.15) is 18.2 Å². The molecule has 0 saturated heterocycles. The lowest BCUT2D eigenvalue weighted by molar-refractivity contribution is -0.119. The van der Waals surface area contributed by atoms with E-state index in [-0.39, 0.29) is 30.1 Å². The van der Waals surface area contributed by atoms with Crippen molar-refractivity contribution in [1.29, 1.82) is 0 Å². The molecule has 7 nitrogen and oxygen atoms in total. The van der Waals surface area contributed by atoms with Gasteiger partial charge in [0.05, 0.1) is 5.75 Å². The number of hydrogen-bond acceptors (Lipinski definition) is 6. The predicted octanol–water partition coefficient (Wildman–Crippen LogP) is 3.03. The van der Waals surface area contributed by atoms with Crippen LogP contribution in [0.15, 0.2) is 29.4 Å². The molecule has 3 N–H and O–H groups in total. The Morgan fingerprint density at radius 1 is 1.18 bits per heavy atom. The maximum atomic E-state index is 12.9. The summed E-state index contributed by atoms with van der Waals surface area (Å²) in [4.78, 5) is 12.3. The third-order valence-corrected chi connectivity index (χ3v) is 5.66.